The van der Waals surface area contributed by atoms with E-state index in [9.17, 15) is 14.4 Å². The van der Waals surface area contributed by atoms with Gasteiger partial charge in [0.25, 0.3) is 0 Å². The van der Waals surface area contributed by atoms with Crippen LogP contribution in [0.5, 0.6) is 0 Å². The normalized spacial score (nSPS) is 34.8. The van der Waals surface area contributed by atoms with E-state index in [2.05, 4.69) is 20.8 Å². The molecule has 7 heteroatoms. The molecule has 3 saturated carbocycles. The molecule has 6 atom stereocenters. The van der Waals surface area contributed by atoms with Crippen LogP contribution in [0.1, 0.15) is 78.6 Å². The van der Waals surface area contributed by atoms with Crippen LogP contribution in [0.4, 0.5) is 0 Å². The predicted molar refractivity (Wildman–Crippen MR) is 104 cm³/mol. The number of carbonyl (C=O) groups is 3. The molecule has 3 aliphatic carbocycles. The van der Waals surface area contributed by atoms with E-state index in [1.165, 1.54) is 0 Å². The zero-order valence-corrected chi connectivity index (χ0v) is 20.7. The number of carbonyl (C=O) groups excluding carboxylic acids is 3. The minimum atomic E-state index is -4.02. The van der Waals surface area contributed by atoms with Crippen molar-refractivity contribution < 1.29 is 22.9 Å². The quantitative estimate of drug-likeness (QED) is 0.555. The molecule has 156 valence electrons. The van der Waals surface area contributed by atoms with Gasteiger partial charge in [0.2, 0.25) is 0 Å². The summed E-state index contributed by atoms with van der Waals surface area (Å²) in [6.07, 6.45) is 7.75. The third kappa shape index (κ3) is 5.90. The van der Waals surface area contributed by atoms with Gasteiger partial charge in [-0.1, -0.05) is 0 Å². The van der Waals surface area contributed by atoms with Crippen molar-refractivity contribution >= 4 is 40.7 Å². The molecule has 28 heavy (non-hydrogen) atoms. The van der Waals surface area contributed by atoms with E-state index >= 15 is 0 Å². The van der Waals surface area contributed by atoms with Crippen LogP contribution in [0, 0.1) is 35.5 Å². The monoisotopic (exact) mass is 496 g/mol. The Labute approximate surface area is 177 Å². The van der Waals surface area contributed by atoms with Gasteiger partial charge < -0.3 is 0 Å². The fourth-order valence-corrected chi connectivity index (χ4v) is 8.59. The molecule has 0 aromatic heterocycles. The molecule has 0 aromatic rings. The summed E-state index contributed by atoms with van der Waals surface area (Å²) in [5.41, 5.74) is 0. The molecule has 0 N–H and O–H groups in total. The average molecular weight is 496 g/mol. The van der Waals surface area contributed by atoms with Gasteiger partial charge in [-0.3, -0.25) is 0 Å². The van der Waals surface area contributed by atoms with Crippen molar-refractivity contribution in [2.24, 2.45) is 35.5 Å². The van der Waals surface area contributed by atoms with Gasteiger partial charge in [0.05, 0.1) is 0 Å². The van der Waals surface area contributed by atoms with E-state index in [1.54, 1.807) is 0 Å². The summed E-state index contributed by atoms with van der Waals surface area (Å²) in [5.74, 6) is -0.0245. The Kier molecular flexibility index (Phi) is 7.74. The van der Waals surface area contributed by atoms with E-state index in [-0.39, 0.29) is 35.7 Å². The van der Waals surface area contributed by atoms with E-state index in [0.29, 0.717) is 17.8 Å². The van der Waals surface area contributed by atoms with Crippen molar-refractivity contribution in [1.29, 1.82) is 0 Å². The molecule has 0 spiro atoms. The first-order valence-electron chi connectivity index (χ1n) is 10.9. The second kappa shape index (κ2) is 9.86. The van der Waals surface area contributed by atoms with Gasteiger partial charge in [-0.2, -0.15) is 0 Å². The molecular weight excluding hydrogens is 463 g/mol. The number of hydrogen-bond donors (Lipinski definition) is 0. The van der Waals surface area contributed by atoms with Crippen molar-refractivity contribution in [2.45, 2.75) is 78.6 Å². The first-order valence-corrected chi connectivity index (χ1v) is 15.0. The van der Waals surface area contributed by atoms with Crippen LogP contribution in [-0.2, 0) is 22.9 Å². The Morgan fingerprint density at radius 2 is 0.857 bits per heavy atom. The summed E-state index contributed by atoms with van der Waals surface area (Å²) < 4.78 is 16.7. The summed E-state index contributed by atoms with van der Waals surface area (Å²) in [5, 5.41) is 0. The van der Waals surface area contributed by atoms with Crippen molar-refractivity contribution in [1.82, 2.24) is 0 Å². The van der Waals surface area contributed by atoms with Gasteiger partial charge in [-0.25, -0.2) is 0 Å². The number of hydrogen-bond acceptors (Lipinski definition) is 6. The third-order valence-electron chi connectivity index (χ3n) is 6.72. The van der Waals surface area contributed by atoms with Crippen LogP contribution in [0.15, 0.2) is 0 Å². The van der Waals surface area contributed by atoms with Gasteiger partial charge in [0.1, 0.15) is 0 Å². The molecule has 6 unspecified atom stereocenters. The van der Waals surface area contributed by atoms with Crippen LogP contribution >= 0.6 is 0 Å². The fourth-order valence-electron chi connectivity index (χ4n) is 4.91. The van der Waals surface area contributed by atoms with Gasteiger partial charge in [-0.15, -0.1) is 0 Å². The number of rotatable bonds is 6. The first-order chi connectivity index (χ1) is 13.3. The summed E-state index contributed by atoms with van der Waals surface area (Å²) in [6, 6.07) is 0. The molecule has 3 fully saturated rings. The van der Waals surface area contributed by atoms with Crippen molar-refractivity contribution in [3.05, 3.63) is 0 Å². The maximum atomic E-state index is 12.6. The van der Waals surface area contributed by atoms with Crippen molar-refractivity contribution in [2.75, 3.05) is 0 Å². The summed E-state index contributed by atoms with van der Waals surface area (Å²) in [7, 11) is 0. The van der Waals surface area contributed by atoms with Crippen LogP contribution < -0.4 is 0 Å². The predicted octanol–water partition coefficient (Wildman–Crippen LogP) is 3.91. The van der Waals surface area contributed by atoms with Gasteiger partial charge >= 0.3 is 178 Å². The molecule has 3 aliphatic rings. The van der Waals surface area contributed by atoms with Crippen LogP contribution in [0.3, 0.4) is 0 Å². The summed E-state index contributed by atoms with van der Waals surface area (Å²) in [4.78, 5) is 37.7. The topological polar surface area (TPSA) is 78.9 Å². The maximum absolute atomic E-state index is 12.6. The second-order valence-electron chi connectivity index (χ2n) is 9.44. The van der Waals surface area contributed by atoms with E-state index in [1.807, 2.05) is 0 Å². The fraction of sp³-hybridized carbons (Fsp3) is 0.857. The molecule has 0 aromatic carbocycles. The first kappa shape index (κ1) is 22.0. The average Bonchev–Trinajstić information content (AvgIpc) is 3.36. The Morgan fingerprint density at radius 1 is 0.571 bits per heavy atom. The SMILES string of the molecule is CC1CCC(C(=O)[O][In]([O]C(=O)C2CCC(C)C2)[O]C(=O)C2CCC(C)C2)C1. The van der Waals surface area contributed by atoms with Crippen LogP contribution in [0.2, 0.25) is 0 Å². The van der Waals surface area contributed by atoms with E-state index in [0.717, 1.165) is 57.8 Å². The Morgan fingerprint density at radius 3 is 1.07 bits per heavy atom. The molecule has 0 aliphatic heterocycles. The minimum absolute atomic E-state index is 0.162. The summed E-state index contributed by atoms with van der Waals surface area (Å²) >= 11 is -4.02. The molecule has 3 rings (SSSR count). The molecule has 0 bridgehead atoms. The standard InChI is InChI=1S/3C7H12O2.In/c3*1-5-2-3-6(4-5)7(8)9;/h3*5-6H,2-4H2,1H3,(H,8,9);/q;;;+3/p-3. The van der Waals surface area contributed by atoms with Crippen LogP contribution in [-0.4, -0.2) is 40.7 Å². The zero-order valence-electron chi connectivity index (χ0n) is 17.4. The molecule has 0 radical (unpaired) electrons. The zero-order chi connectivity index (χ0) is 20.3. The van der Waals surface area contributed by atoms with Gasteiger partial charge in [-0.05, 0) is 0 Å². The van der Waals surface area contributed by atoms with E-state index in [4.69, 9.17) is 8.56 Å². The Balaban J connectivity index is 1.60. The second-order valence-corrected chi connectivity index (χ2v) is 13.1. The van der Waals surface area contributed by atoms with E-state index < -0.39 is 22.7 Å². The molecule has 0 saturated heterocycles. The molecule has 0 heterocycles. The molecule has 6 nitrogen and oxygen atoms in total. The third-order valence-corrected chi connectivity index (χ3v) is 10.4. The van der Waals surface area contributed by atoms with Gasteiger partial charge in [0.15, 0.2) is 0 Å². The Hall–Kier alpha value is -0.720. The Bertz CT molecular complexity index is 513. The van der Waals surface area contributed by atoms with Crippen molar-refractivity contribution in [3.8, 4) is 0 Å². The molecule has 0 amide bonds. The summed E-state index contributed by atoms with van der Waals surface area (Å²) in [6.45, 7) is 6.36. The van der Waals surface area contributed by atoms with Gasteiger partial charge in [0, 0.05) is 0 Å². The van der Waals surface area contributed by atoms with Crippen LogP contribution in [0.25, 0.3) is 0 Å². The van der Waals surface area contributed by atoms with Crippen molar-refractivity contribution in [3.63, 3.8) is 0 Å². The molecular formula is C21H33InO6.